The van der Waals surface area contributed by atoms with Crippen LogP contribution in [0.4, 0.5) is 4.39 Å². The van der Waals surface area contributed by atoms with E-state index in [2.05, 4.69) is 5.10 Å². The molecule has 0 radical (unpaired) electrons. The van der Waals surface area contributed by atoms with E-state index < -0.39 is 17.5 Å². The van der Waals surface area contributed by atoms with Gasteiger partial charge in [-0.15, -0.1) is 5.10 Å². The molecule has 1 aromatic heterocycles. The molecule has 1 unspecified atom stereocenters. The van der Waals surface area contributed by atoms with E-state index in [0.29, 0.717) is 12.2 Å². The number of nitrogens with zero attached hydrogens (tertiary/aromatic N) is 3. The van der Waals surface area contributed by atoms with E-state index in [1.54, 1.807) is 14.0 Å². The van der Waals surface area contributed by atoms with Crippen molar-refractivity contribution in [3.05, 3.63) is 39.8 Å². The first-order chi connectivity index (χ1) is 11.8. The van der Waals surface area contributed by atoms with Gasteiger partial charge in [-0.3, -0.25) is 4.57 Å². The third-order valence-electron chi connectivity index (χ3n) is 3.92. The van der Waals surface area contributed by atoms with E-state index in [1.165, 1.54) is 10.6 Å². The van der Waals surface area contributed by atoms with Crippen molar-refractivity contribution in [2.75, 3.05) is 0 Å². The second kappa shape index (κ2) is 7.50. The lowest BCUT2D eigenvalue weighted by Gasteiger charge is -2.17. The monoisotopic (exact) mass is 351 g/mol. The van der Waals surface area contributed by atoms with Crippen LogP contribution in [0.25, 0.3) is 5.69 Å². The molecule has 0 aliphatic rings. The van der Waals surface area contributed by atoms with Gasteiger partial charge in [-0.1, -0.05) is 20.3 Å². The van der Waals surface area contributed by atoms with Crippen molar-refractivity contribution in [2.45, 2.75) is 46.1 Å². The number of carboxylic acids is 1. The highest BCUT2D eigenvalue weighted by atomic mass is 19.1. The van der Waals surface area contributed by atoms with Crippen LogP contribution >= 0.6 is 0 Å². The molecule has 0 spiro atoms. The summed E-state index contributed by atoms with van der Waals surface area (Å²) in [6.07, 6.45) is 1.84. The highest BCUT2D eigenvalue weighted by Crippen LogP contribution is 2.26. The first kappa shape index (κ1) is 18.7. The predicted octanol–water partition coefficient (Wildman–Crippen LogP) is 2.54. The zero-order chi connectivity index (χ0) is 18.7. The van der Waals surface area contributed by atoms with E-state index in [0.717, 1.165) is 23.6 Å². The van der Waals surface area contributed by atoms with E-state index in [4.69, 9.17) is 4.74 Å². The van der Waals surface area contributed by atoms with Crippen LogP contribution in [0, 0.1) is 5.82 Å². The largest absolute Gasteiger partial charge is 0.490 e. The molecule has 0 bridgehead atoms. The van der Waals surface area contributed by atoms with Crippen LogP contribution < -0.4 is 10.4 Å². The minimum atomic E-state index is -1.30. The Hall–Kier alpha value is -2.64. The summed E-state index contributed by atoms with van der Waals surface area (Å²) in [5.41, 5.74) is -0.931. The van der Waals surface area contributed by atoms with Gasteiger partial charge in [-0.2, -0.15) is 4.68 Å². The number of rotatable bonds is 7. The average Bonchev–Trinajstić information content (AvgIpc) is 2.84. The van der Waals surface area contributed by atoms with Gasteiger partial charge in [0.15, 0.2) is 0 Å². The molecule has 7 nitrogen and oxygen atoms in total. The number of hydrogen-bond donors (Lipinski definition) is 1. The summed E-state index contributed by atoms with van der Waals surface area (Å²) >= 11 is 0. The summed E-state index contributed by atoms with van der Waals surface area (Å²) in [7, 11) is 1.55. The number of aromatic nitrogens is 3. The van der Waals surface area contributed by atoms with Crippen LogP contribution in [0.15, 0.2) is 16.9 Å². The number of aryl methyl sites for hydroxylation is 1. The number of halogens is 1. The maximum Gasteiger partial charge on any atom is 0.350 e. The number of ether oxygens (including phenoxy) is 1. The van der Waals surface area contributed by atoms with E-state index in [1.807, 2.05) is 13.8 Å². The van der Waals surface area contributed by atoms with Crippen LogP contribution in [-0.2, 0) is 13.5 Å². The molecule has 0 saturated heterocycles. The molecule has 1 heterocycles. The Morgan fingerprint density at radius 1 is 1.40 bits per heavy atom. The molecule has 8 heteroatoms. The summed E-state index contributed by atoms with van der Waals surface area (Å²) < 4.78 is 22.4. The van der Waals surface area contributed by atoms with Crippen LogP contribution in [0.1, 0.15) is 49.8 Å². The van der Waals surface area contributed by atoms with Gasteiger partial charge in [-0.25, -0.2) is 14.0 Å². The minimum Gasteiger partial charge on any atom is -0.490 e. The zero-order valence-corrected chi connectivity index (χ0v) is 14.7. The van der Waals surface area contributed by atoms with Crippen molar-refractivity contribution in [3.63, 3.8) is 0 Å². The molecule has 0 aliphatic heterocycles. The Kier molecular flexibility index (Phi) is 5.61. The molecule has 0 aliphatic carbocycles. The molecule has 0 amide bonds. The van der Waals surface area contributed by atoms with Gasteiger partial charge in [0.05, 0.1) is 6.10 Å². The van der Waals surface area contributed by atoms with Crippen LogP contribution in [0.2, 0.25) is 0 Å². The first-order valence-electron chi connectivity index (χ1n) is 8.18. The Morgan fingerprint density at radius 2 is 2.08 bits per heavy atom. The normalized spacial score (nSPS) is 12.2. The molecule has 1 atom stereocenters. The molecule has 1 N–H and O–H groups in total. The van der Waals surface area contributed by atoms with Gasteiger partial charge in [-0.05, 0) is 19.4 Å². The van der Waals surface area contributed by atoms with Crippen LogP contribution in [-0.4, -0.2) is 31.5 Å². The second-order valence-electron chi connectivity index (χ2n) is 5.85. The summed E-state index contributed by atoms with van der Waals surface area (Å²) in [5, 5.41) is 13.4. The summed E-state index contributed by atoms with van der Waals surface area (Å²) in [6, 6.07) is 2.08. The van der Waals surface area contributed by atoms with Gasteiger partial charge < -0.3 is 9.84 Å². The van der Waals surface area contributed by atoms with Gasteiger partial charge in [0.1, 0.15) is 28.6 Å². The molecule has 2 rings (SSSR count). The number of hydrogen-bond acceptors (Lipinski definition) is 4. The number of aromatic carboxylic acids is 1. The maximum atomic E-state index is 14.5. The Balaban J connectivity index is 2.60. The lowest BCUT2D eigenvalue weighted by Crippen LogP contribution is -2.23. The number of carbonyl (C=O) groups is 1. The maximum absolute atomic E-state index is 14.5. The fourth-order valence-corrected chi connectivity index (χ4v) is 2.59. The van der Waals surface area contributed by atoms with Gasteiger partial charge in [0.25, 0.3) is 0 Å². The molecule has 2 aromatic rings. The number of carboxylic acid groups (broad SMARTS) is 1. The first-order valence-corrected chi connectivity index (χ1v) is 8.18. The Bertz CT molecular complexity index is 841. The molecule has 136 valence electrons. The predicted molar refractivity (Wildman–Crippen MR) is 90.1 cm³/mol. The van der Waals surface area contributed by atoms with Crippen molar-refractivity contribution in [1.82, 2.24) is 14.3 Å². The van der Waals surface area contributed by atoms with Crippen molar-refractivity contribution in [1.29, 1.82) is 0 Å². The highest BCUT2D eigenvalue weighted by Gasteiger charge is 2.21. The summed E-state index contributed by atoms with van der Waals surface area (Å²) in [4.78, 5) is 23.7. The summed E-state index contributed by atoms with van der Waals surface area (Å²) in [6.45, 7) is 5.62. The molecule has 0 saturated carbocycles. The molecule has 1 aromatic carbocycles. The van der Waals surface area contributed by atoms with E-state index in [-0.39, 0.29) is 23.1 Å². The smallest absolute Gasteiger partial charge is 0.350 e. The standard InChI is InChI=1S/C17H22FN3O4/c1-5-7-10(3)25-14-9-13(12(18)8-11(14)16(22)23)21-17(24)20(4)15(6-2)19-21/h8-10H,5-7H2,1-4H3,(H,22,23). The van der Waals surface area contributed by atoms with Gasteiger partial charge in [0.2, 0.25) is 0 Å². The zero-order valence-electron chi connectivity index (χ0n) is 14.7. The topological polar surface area (TPSA) is 86.4 Å². The lowest BCUT2D eigenvalue weighted by molar-refractivity contribution is 0.0689. The average molecular weight is 351 g/mol. The van der Waals surface area contributed by atoms with Crippen LogP contribution in [0.5, 0.6) is 5.75 Å². The molecular formula is C17H22FN3O4. The van der Waals surface area contributed by atoms with Crippen molar-refractivity contribution >= 4 is 5.97 Å². The molecule has 25 heavy (non-hydrogen) atoms. The fourth-order valence-electron chi connectivity index (χ4n) is 2.59. The SMILES string of the molecule is CCCC(C)Oc1cc(-n2nc(CC)n(C)c2=O)c(F)cc1C(=O)O. The second-order valence-corrected chi connectivity index (χ2v) is 5.85. The van der Waals surface area contributed by atoms with E-state index in [9.17, 15) is 19.1 Å². The van der Waals surface area contributed by atoms with Crippen molar-refractivity contribution in [2.24, 2.45) is 7.05 Å². The third-order valence-corrected chi connectivity index (χ3v) is 3.92. The lowest BCUT2D eigenvalue weighted by atomic mass is 10.1. The van der Waals surface area contributed by atoms with Gasteiger partial charge in [0, 0.05) is 19.5 Å². The van der Waals surface area contributed by atoms with Crippen molar-refractivity contribution < 1.29 is 19.0 Å². The van der Waals surface area contributed by atoms with Crippen LogP contribution in [0.3, 0.4) is 0 Å². The molecule has 0 fully saturated rings. The summed E-state index contributed by atoms with van der Waals surface area (Å²) in [5.74, 6) is -1.64. The quantitative estimate of drug-likeness (QED) is 0.828. The Morgan fingerprint density at radius 3 is 2.60 bits per heavy atom. The fraction of sp³-hybridized carbons (Fsp3) is 0.471. The van der Waals surface area contributed by atoms with E-state index >= 15 is 0 Å². The van der Waals surface area contributed by atoms with Crippen molar-refractivity contribution in [3.8, 4) is 11.4 Å². The highest BCUT2D eigenvalue weighted by molar-refractivity contribution is 5.91. The number of benzene rings is 1. The molecular weight excluding hydrogens is 329 g/mol. The minimum absolute atomic E-state index is 0.0143. The van der Waals surface area contributed by atoms with Gasteiger partial charge >= 0.3 is 11.7 Å². The third kappa shape index (κ3) is 3.72. The Labute approximate surface area is 144 Å².